The van der Waals surface area contributed by atoms with Gasteiger partial charge in [-0.25, -0.2) is 4.98 Å². The topological polar surface area (TPSA) is 93.6 Å². The van der Waals surface area contributed by atoms with Gasteiger partial charge < -0.3 is 19.9 Å². The number of aromatic nitrogens is 1. The molecule has 0 amide bonds. The highest BCUT2D eigenvalue weighted by molar-refractivity contribution is 5.79. The summed E-state index contributed by atoms with van der Waals surface area (Å²) in [5.74, 6) is 1.06. The van der Waals surface area contributed by atoms with E-state index in [-0.39, 0.29) is 5.82 Å². The van der Waals surface area contributed by atoms with Crippen molar-refractivity contribution in [3.05, 3.63) is 41.1 Å². The van der Waals surface area contributed by atoms with Crippen molar-refractivity contribution in [2.45, 2.75) is 19.4 Å². The quantitative estimate of drug-likeness (QED) is 0.752. The van der Waals surface area contributed by atoms with Crippen molar-refractivity contribution in [3.63, 3.8) is 0 Å². The number of morpholine rings is 1. The molecule has 0 unspecified atom stereocenters. The van der Waals surface area contributed by atoms with E-state index in [2.05, 4.69) is 16.0 Å². The predicted molar refractivity (Wildman–Crippen MR) is 110 cm³/mol. The second-order valence-electron chi connectivity index (χ2n) is 7.27. The first-order valence-electron chi connectivity index (χ1n) is 10.1. The molecule has 0 atom stereocenters. The lowest BCUT2D eigenvalue weighted by Crippen LogP contribution is -2.37. The first-order chi connectivity index (χ1) is 14.3. The Morgan fingerprint density at radius 2 is 2.07 bits per heavy atom. The summed E-state index contributed by atoms with van der Waals surface area (Å²) in [5.41, 5.74) is 10.1. The van der Waals surface area contributed by atoms with Crippen LogP contribution in [0.4, 0.5) is 5.82 Å². The maximum Gasteiger partial charge on any atom is 0.142 e. The fourth-order valence-corrected chi connectivity index (χ4v) is 3.87. The molecule has 152 valence electrons. The summed E-state index contributed by atoms with van der Waals surface area (Å²) in [6.07, 6.45) is 1.66. The van der Waals surface area contributed by atoms with Gasteiger partial charge in [-0.1, -0.05) is 12.1 Å². The van der Waals surface area contributed by atoms with Crippen LogP contribution in [0.5, 0.6) is 5.75 Å². The van der Waals surface area contributed by atoms with E-state index in [4.69, 9.17) is 19.9 Å². The third-order valence-corrected chi connectivity index (χ3v) is 5.37. The predicted octanol–water partition coefficient (Wildman–Crippen LogP) is 2.38. The van der Waals surface area contributed by atoms with Gasteiger partial charge in [0.05, 0.1) is 38.7 Å². The lowest BCUT2D eigenvalue weighted by Gasteiger charge is -2.26. The highest BCUT2D eigenvalue weighted by Crippen LogP contribution is 2.35. The SMILES string of the molecule is N#Cc1c(N)nc2c(c1-c1cccc(OCCCN3CCOCC3)c1)COCC2. The molecule has 0 bridgehead atoms. The molecule has 7 nitrogen and oxygen atoms in total. The summed E-state index contributed by atoms with van der Waals surface area (Å²) >= 11 is 0. The van der Waals surface area contributed by atoms with Crippen molar-refractivity contribution in [3.8, 4) is 22.9 Å². The number of nitriles is 1. The van der Waals surface area contributed by atoms with Crippen LogP contribution in [0, 0.1) is 11.3 Å². The minimum Gasteiger partial charge on any atom is -0.494 e. The lowest BCUT2D eigenvalue weighted by molar-refractivity contribution is 0.0358. The number of nitrogens with two attached hydrogens (primary N) is 1. The van der Waals surface area contributed by atoms with Crippen LogP contribution in [0.2, 0.25) is 0 Å². The van der Waals surface area contributed by atoms with E-state index in [1.807, 2.05) is 24.3 Å². The molecule has 3 heterocycles. The Bertz CT molecular complexity index is 904. The van der Waals surface area contributed by atoms with Crippen LogP contribution in [-0.4, -0.2) is 55.9 Å². The Morgan fingerprint density at radius 1 is 1.21 bits per heavy atom. The third-order valence-electron chi connectivity index (χ3n) is 5.37. The van der Waals surface area contributed by atoms with Crippen LogP contribution in [0.15, 0.2) is 24.3 Å². The van der Waals surface area contributed by atoms with Crippen molar-refractivity contribution < 1.29 is 14.2 Å². The van der Waals surface area contributed by atoms with E-state index >= 15 is 0 Å². The standard InChI is InChI=1S/C22H26N4O3/c23-14-18-21(19-15-28-10-5-20(19)25-22(18)24)16-3-1-4-17(13-16)29-9-2-6-26-7-11-27-12-8-26/h1,3-4,13H,2,5-12,15H2,(H2,24,25). The Balaban J connectivity index is 1.50. The number of ether oxygens (including phenoxy) is 3. The zero-order valence-corrected chi connectivity index (χ0v) is 16.5. The van der Waals surface area contributed by atoms with Gasteiger partial charge in [0, 0.05) is 37.2 Å². The molecule has 1 aromatic heterocycles. The average Bonchev–Trinajstić information content (AvgIpc) is 2.76. The highest BCUT2D eigenvalue weighted by Gasteiger charge is 2.22. The molecule has 1 fully saturated rings. The Morgan fingerprint density at radius 3 is 2.90 bits per heavy atom. The number of rotatable bonds is 6. The van der Waals surface area contributed by atoms with Crippen LogP contribution in [0.1, 0.15) is 23.2 Å². The van der Waals surface area contributed by atoms with Gasteiger partial charge in [0.1, 0.15) is 23.2 Å². The van der Waals surface area contributed by atoms with Crippen LogP contribution in [0.25, 0.3) is 11.1 Å². The molecular weight excluding hydrogens is 368 g/mol. The highest BCUT2D eigenvalue weighted by atomic mass is 16.5. The molecule has 2 N–H and O–H groups in total. The third kappa shape index (κ3) is 4.51. The first kappa shape index (κ1) is 19.6. The number of nitrogen functional groups attached to an aromatic ring is 1. The van der Waals surface area contributed by atoms with Crippen molar-refractivity contribution in [2.24, 2.45) is 0 Å². The number of hydrogen-bond donors (Lipinski definition) is 1. The molecule has 0 radical (unpaired) electrons. The van der Waals surface area contributed by atoms with E-state index < -0.39 is 0 Å². The van der Waals surface area contributed by atoms with Crippen molar-refractivity contribution in [1.82, 2.24) is 9.88 Å². The smallest absolute Gasteiger partial charge is 0.142 e. The minimum absolute atomic E-state index is 0.278. The lowest BCUT2D eigenvalue weighted by atomic mass is 9.92. The van der Waals surface area contributed by atoms with Gasteiger partial charge in [-0.15, -0.1) is 0 Å². The summed E-state index contributed by atoms with van der Waals surface area (Å²) in [4.78, 5) is 6.83. The van der Waals surface area contributed by atoms with Gasteiger partial charge in [-0.05, 0) is 24.1 Å². The molecule has 2 aromatic rings. The first-order valence-corrected chi connectivity index (χ1v) is 10.1. The largest absolute Gasteiger partial charge is 0.494 e. The van der Waals surface area contributed by atoms with E-state index in [1.165, 1.54) is 0 Å². The monoisotopic (exact) mass is 394 g/mol. The number of pyridine rings is 1. The molecule has 4 rings (SSSR count). The summed E-state index contributed by atoms with van der Waals surface area (Å²) in [6, 6.07) is 10.1. The van der Waals surface area contributed by atoms with E-state index in [9.17, 15) is 5.26 Å². The molecule has 1 aromatic carbocycles. The Hall–Kier alpha value is -2.66. The Labute approximate surface area is 171 Å². The summed E-state index contributed by atoms with van der Waals surface area (Å²) in [7, 11) is 0. The van der Waals surface area contributed by atoms with Crippen molar-refractivity contribution in [1.29, 1.82) is 5.26 Å². The van der Waals surface area contributed by atoms with Gasteiger partial charge in [0.15, 0.2) is 0 Å². The molecule has 2 aliphatic heterocycles. The second kappa shape index (κ2) is 9.23. The minimum atomic E-state index is 0.278. The van der Waals surface area contributed by atoms with E-state index in [1.54, 1.807) is 0 Å². The van der Waals surface area contributed by atoms with Gasteiger partial charge in [0.25, 0.3) is 0 Å². The van der Waals surface area contributed by atoms with Crippen LogP contribution in [-0.2, 0) is 22.5 Å². The molecule has 0 spiro atoms. The molecule has 29 heavy (non-hydrogen) atoms. The van der Waals surface area contributed by atoms with Gasteiger partial charge in [0.2, 0.25) is 0 Å². The summed E-state index contributed by atoms with van der Waals surface area (Å²) in [5, 5.41) is 9.67. The number of hydrogen-bond acceptors (Lipinski definition) is 7. The van der Waals surface area contributed by atoms with Crippen LogP contribution >= 0.6 is 0 Å². The van der Waals surface area contributed by atoms with Gasteiger partial charge in [-0.3, -0.25) is 4.90 Å². The Kier molecular flexibility index (Phi) is 6.25. The molecule has 2 aliphatic rings. The molecule has 0 saturated carbocycles. The van der Waals surface area contributed by atoms with Crippen molar-refractivity contribution in [2.75, 3.05) is 51.8 Å². The van der Waals surface area contributed by atoms with Crippen LogP contribution < -0.4 is 10.5 Å². The van der Waals surface area contributed by atoms with Crippen LogP contribution in [0.3, 0.4) is 0 Å². The normalized spacial score (nSPS) is 16.8. The van der Waals surface area contributed by atoms with Crippen molar-refractivity contribution >= 4 is 5.82 Å². The number of benzene rings is 1. The zero-order chi connectivity index (χ0) is 20.1. The number of anilines is 1. The maximum absolute atomic E-state index is 9.67. The second-order valence-corrected chi connectivity index (χ2v) is 7.27. The summed E-state index contributed by atoms with van der Waals surface area (Å²) < 4.78 is 17.0. The molecule has 0 aliphatic carbocycles. The summed E-state index contributed by atoms with van der Waals surface area (Å²) in [6.45, 7) is 6.32. The molecule has 1 saturated heterocycles. The average molecular weight is 394 g/mol. The number of nitrogens with zero attached hydrogens (tertiary/aromatic N) is 3. The fraction of sp³-hybridized carbons (Fsp3) is 0.455. The zero-order valence-electron chi connectivity index (χ0n) is 16.5. The fourth-order valence-electron chi connectivity index (χ4n) is 3.87. The molecular formula is C22H26N4O3. The van der Waals surface area contributed by atoms with Gasteiger partial charge in [-0.2, -0.15) is 5.26 Å². The van der Waals surface area contributed by atoms with E-state index in [0.29, 0.717) is 31.8 Å². The molecule has 7 heteroatoms. The van der Waals surface area contributed by atoms with E-state index in [0.717, 1.165) is 67.4 Å². The number of fused-ring (bicyclic) bond motifs is 1. The van der Waals surface area contributed by atoms with Gasteiger partial charge >= 0.3 is 0 Å². The maximum atomic E-state index is 9.67.